The average molecular weight is 399 g/mol. The zero-order valence-corrected chi connectivity index (χ0v) is 16.2. The van der Waals surface area contributed by atoms with E-state index in [-0.39, 0.29) is 11.3 Å². The van der Waals surface area contributed by atoms with Crippen LogP contribution in [0.15, 0.2) is 33.9 Å². The van der Waals surface area contributed by atoms with Gasteiger partial charge in [0.15, 0.2) is 12.6 Å². The normalized spacial score (nSPS) is 12.8. The molecule has 0 aromatic carbocycles. The van der Waals surface area contributed by atoms with Crippen molar-refractivity contribution in [2.75, 3.05) is 13.7 Å². The van der Waals surface area contributed by atoms with E-state index in [1.54, 1.807) is 19.3 Å². The minimum absolute atomic E-state index is 0.0888. The average Bonchev–Trinajstić information content (AvgIpc) is 3.09. The molecule has 28 heavy (non-hydrogen) atoms. The number of ether oxygens (including phenoxy) is 1. The summed E-state index contributed by atoms with van der Waals surface area (Å²) in [7, 11) is 1.61. The highest BCUT2D eigenvalue weighted by Gasteiger charge is 2.28. The molecule has 2 heterocycles. The number of pyridine rings is 1. The van der Waals surface area contributed by atoms with E-state index in [1.807, 2.05) is 20.8 Å². The zero-order valence-electron chi connectivity index (χ0n) is 16.2. The van der Waals surface area contributed by atoms with Crippen LogP contribution in [0.3, 0.4) is 0 Å². The lowest BCUT2D eigenvalue weighted by Crippen LogP contribution is -2.36. The number of aliphatic imine (C=N–C) groups is 1. The Bertz CT molecular complexity index is 797. The first-order chi connectivity index (χ1) is 13.1. The Morgan fingerprint density at radius 3 is 2.50 bits per heavy atom. The van der Waals surface area contributed by atoms with Gasteiger partial charge >= 0.3 is 6.18 Å². The molecule has 0 bridgehead atoms. The van der Waals surface area contributed by atoms with E-state index in [0.717, 1.165) is 5.76 Å². The maximum Gasteiger partial charge on any atom is 0.422 e. The van der Waals surface area contributed by atoms with Gasteiger partial charge in [0.25, 0.3) is 0 Å². The summed E-state index contributed by atoms with van der Waals surface area (Å²) >= 11 is 0. The third-order valence-electron chi connectivity index (χ3n) is 3.57. The van der Waals surface area contributed by atoms with Crippen molar-refractivity contribution in [3.8, 4) is 5.88 Å². The van der Waals surface area contributed by atoms with Gasteiger partial charge in [-0.3, -0.25) is 4.99 Å². The van der Waals surface area contributed by atoms with Crippen molar-refractivity contribution in [2.24, 2.45) is 4.99 Å². The molecule has 0 radical (unpaired) electrons. The van der Waals surface area contributed by atoms with Gasteiger partial charge in [-0.2, -0.15) is 13.2 Å². The van der Waals surface area contributed by atoms with Crippen molar-refractivity contribution in [2.45, 2.75) is 45.5 Å². The summed E-state index contributed by atoms with van der Waals surface area (Å²) in [5.41, 5.74) is 0.569. The fraction of sp³-hybridized carbons (Fsp3) is 0.500. The van der Waals surface area contributed by atoms with Gasteiger partial charge in [-0.25, -0.2) is 9.97 Å². The molecule has 2 rings (SSSR count). The van der Waals surface area contributed by atoms with E-state index in [4.69, 9.17) is 4.42 Å². The van der Waals surface area contributed by atoms with Gasteiger partial charge in [0.2, 0.25) is 11.8 Å². The molecule has 2 aromatic heterocycles. The van der Waals surface area contributed by atoms with Crippen LogP contribution < -0.4 is 15.4 Å². The number of guanidine groups is 1. The highest BCUT2D eigenvalue weighted by atomic mass is 19.4. The number of hydrogen-bond donors (Lipinski definition) is 2. The van der Waals surface area contributed by atoms with Gasteiger partial charge < -0.3 is 19.8 Å². The highest BCUT2D eigenvalue weighted by Crippen LogP contribution is 2.22. The van der Waals surface area contributed by atoms with E-state index in [0.29, 0.717) is 30.5 Å². The highest BCUT2D eigenvalue weighted by molar-refractivity contribution is 5.79. The van der Waals surface area contributed by atoms with Gasteiger partial charge in [-0.1, -0.05) is 20.8 Å². The van der Waals surface area contributed by atoms with Crippen molar-refractivity contribution < 1.29 is 22.3 Å². The maximum absolute atomic E-state index is 12.2. The molecule has 0 aliphatic carbocycles. The molecule has 7 nitrogen and oxygen atoms in total. The smallest absolute Gasteiger partial charge is 0.422 e. The van der Waals surface area contributed by atoms with Crippen LogP contribution in [0.2, 0.25) is 0 Å². The third-order valence-corrected chi connectivity index (χ3v) is 3.57. The molecule has 0 unspecified atom stereocenters. The molecule has 0 spiro atoms. The van der Waals surface area contributed by atoms with Crippen molar-refractivity contribution in [1.82, 2.24) is 20.6 Å². The summed E-state index contributed by atoms with van der Waals surface area (Å²) in [5, 5.41) is 6.12. The number of halogens is 3. The summed E-state index contributed by atoms with van der Waals surface area (Å²) in [6.07, 6.45) is -1.32. The molecule has 154 valence electrons. The Hall–Kier alpha value is -2.78. The van der Waals surface area contributed by atoms with Crippen LogP contribution in [0.4, 0.5) is 13.2 Å². The predicted octanol–water partition coefficient (Wildman–Crippen LogP) is 3.17. The second-order valence-corrected chi connectivity index (χ2v) is 7.05. The number of alkyl halides is 3. The number of nitrogens with zero attached hydrogens (tertiary/aromatic N) is 3. The molecule has 10 heteroatoms. The Labute approximate surface area is 161 Å². The lowest BCUT2D eigenvalue weighted by molar-refractivity contribution is -0.154. The number of hydrogen-bond acceptors (Lipinski definition) is 5. The van der Waals surface area contributed by atoms with E-state index in [1.165, 1.54) is 12.3 Å². The van der Waals surface area contributed by atoms with Crippen LogP contribution in [-0.4, -0.2) is 35.8 Å². The maximum atomic E-state index is 12.2. The second kappa shape index (κ2) is 8.94. The van der Waals surface area contributed by atoms with Crippen LogP contribution in [0.5, 0.6) is 5.88 Å². The molecule has 2 aromatic rings. The van der Waals surface area contributed by atoms with Crippen molar-refractivity contribution in [3.63, 3.8) is 0 Å². The molecule has 0 amide bonds. The number of oxazole rings is 1. The largest absolute Gasteiger partial charge is 0.468 e. The molecule has 0 aliphatic rings. The first-order valence-electron chi connectivity index (χ1n) is 8.61. The molecule has 0 fully saturated rings. The van der Waals surface area contributed by atoms with Gasteiger partial charge in [-0.15, -0.1) is 0 Å². The molecule has 0 aliphatic heterocycles. The van der Waals surface area contributed by atoms with Gasteiger partial charge in [0, 0.05) is 31.3 Å². The fourth-order valence-corrected chi connectivity index (χ4v) is 2.10. The quantitative estimate of drug-likeness (QED) is 0.573. The minimum Gasteiger partial charge on any atom is -0.468 e. The summed E-state index contributed by atoms with van der Waals surface area (Å²) in [4.78, 5) is 12.1. The zero-order chi connectivity index (χ0) is 20.8. The fourth-order valence-electron chi connectivity index (χ4n) is 2.10. The van der Waals surface area contributed by atoms with Crippen molar-refractivity contribution >= 4 is 5.96 Å². The molecule has 2 N–H and O–H groups in total. The molecular weight excluding hydrogens is 375 g/mol. The van der Waals surface area contributed by atoms with Crippen LogP contribution in [-0.2, 0) is 18.5 Å². The first-order valence-corrected chi connectivity index (χ1v) is 8.61. The third kappa shape index (κ3) is 7.09. The van der Waals surface area contributed by atoms with Gasteiger partial charge in [-0.05, 0) is 11.6 Å². The second-order valence-electron chi connectivity index (χ2n) is 7.05. The molecular formula is C18H24F3N5O2. The summed E-state index contributed by atoms with van der Waals surface area (Å²) in [6.45, 7) is 5.38. The number of nitrogens with one attached hydrogen (secondary N) is 2. The standard InChI is InChI=1S/C18H24F3N5O2/c1-17(2,3)13-9-24-15(28-13)10-26-16(22-4)25-8-12-5-6-23-14(7-12)27-11-18(19,20)21/h5-7,9H,8,10-11H2,1-4H3,(H2,22,25,26). The van der Waals surface area contributed by atoms with Crippen molar-refractivity contribution in [3.05, 3.63) is 41.7 Å². The molecule has 0 atom stereocenters. The number of rotatable bonds is 6. The Balaban J connectivity index is 1.86. The monoisotopic (exact) mass is 399 g/mol. The van der Waals surface area contributed by atoms with Crippen LogP contribution in [0.25, 0.3) is 0 Å². The van der Waals surface area contributed by atoms with E-state index >= 15 is 0 Å². The van der Waals surface area contributed by atoms with E-state index in [9.17, 15) is 13.2 Å². The Kier molecular flexibility index (Phi) is 6.87. The SMILES string of the molecule is CN=C(NCc1ccnc(OCC(F)(F)F)c1)NCc1ncc(C(C)(C)C)o1. The minimum atomic E-state index is -4.41. The Morgan fingerprint density at radius 2 is 1.89 bits per heavy atom. The first kappa shape index (κ1) is 21.5. The van der Waals surface area contributed by atoms with Crippen molar-refractivity contribution in [1.29, 1.82) is 0 Å². The van der Waals surface area contributed by atoms with Crippen LogP contribution in [0, 0.1) is 0 Å². The topological polar surface area (TPSA) is 84.6 Å². The van der Waals surface area contributed by atoms with E-state index in [2.05, 4.69) is 30.3 Å². The lowest BCUT2D eigenvalue weighted by Gasteiger charge is -2.13. The summed E-state index contributed by atoms with van der Waals surface area (Å²) < 4.78 is 47.0. The molecule has 0 saturated heterocycles. The van der Waals surface area contributed by atoms with Crippen LogP contribution in [0.1, 0.15) is 38.0 Å². The number of aromatic nitrogens is 2. The van der Waals surface area contributed by atoms with Gasteiger partial charge in [0.05, 0.1) is 12.7 Å². The summed E-state index contributed by atoms with van der Waals surface area (Å²) in [6, 6.07) is 3.11. The summed E-state index contributed by atoms with van der Waals surface area (Å²) in [5.74, 6) is 1.72. The predicted molar refractivity (Wildman–Crippen MR) is 98.0 cm³/mol. The van der Waals surface area contributed by atoms with E-state index < -0.39 is 12.8 Å². The van der Waals surface area contributed by atoms with Gasteiger partial charge in [0.1, 0.15) is 5.76 Å². The Morgan fingerprint density at radius 1 is 1.18 bits per heavy atom. The molecule has 0 saturated carbocycles. The lowest BCUT2D eigenvalue weighted by atomic mass is 9.94. The van der Waals surface area contributed by atoms with Crippen LogP contribution >= 0.6 is 0 Å².